The van der Waals surface area contributed by atoms with Crippen molar-refractivity contribution >= 4 is 17.3 Å². The molecule has 0 unspecified atom stereocenters. The van der Waals surface area contributed by atoms with Crippen LogP contribution in [0.2, 0.25) is 0 Å². The van der Waals surface area contributed by atoms with E-state index in [0.717, 1.165) is 36.5 Å². The highest BCUT2D eigenvalue weighted by Crippen LogP contribution is 2.24. The molecular weight excluding hydrogens is 336 g/mol. The molecule has 0 aromatic heterocycles. The molecule has 6 heteroatoms. The van der Waals surface area contributed by atoms with Gasteiger partial charge in [0, 0.05) is 31.3 Å². The second-order valence-corrected chi connectivity index (χ2v) is 6.52. The number of hydrazone groups is 1. The molecule has 1 aliphatic heterocycles. The fourth-order valence-corrected chi connectivity index (χ4v) is 2.91. The Labute approximate surface area is 151 Å². The summed E-state index contributed by atoms with van der Waals surface area (Å²) in [4.78, 5) is 14.2. The zero-order chi connectivity index (χ0) is 18.8. The highest BCUT2D eigenvalue weighted by molar-refractivity contribution is 5.94. The van der Waals surface area contributed by atoms with Crippen molar-refractivity contribution in [1.29, 1.82) is 0 Å². The van der Waals surface area contributed by atoms with Crippen LogP contribution in [0.25, 0.3) is 0 Å². The maximum atomic E-state index is 13.5. The van der Waals surface area contributed by atoms with E-state index < -0.39 is 11.6 Å². The normalized spacial score (nSPS) is 15.0. The molecule has 136 valence electrons. The molecule has 3 rings (SSSR count). The number of carbonyl (C=O) groups is 1. The SMILES string of the molecule is CC1=NN(c2ccc(C(=O)N(C)[C@H](C)c3ccc(F)c(F)c3)cc2)CC1. The number of benzene rings is 2. The van der Waals surface area contributed by atoms with Gasteiger partial charge in [-0.1, -0.05) is 6.07 Å². The largest absolute Gasteiger partial charge is 0.335 e. The van der Waals surface area contributed by atoms with Gasteiger partial charge in [-0.2, -0.15) is 5.10 Å². The van der Waals surface area contributed by atoms with E-state index in [1.165, 1.54) is 11.0 Å². The van der Waals surface area contributed by atoms with Gasteiger partial charge in [-0.15, -0.1) is 0 Å². The van der Waals surface area contributed by atoms with Crippen LogP contribution in [0.1, 0.15) is 42.2 Å². The van der Waals surface area contributed by atoms with Gasteiger partial charge in [-0.25, -0.2) is 8.78 Å². The van der Waals surface area contributed by atoms with Crippen molar-refractivity contribution in [2.75, 3.05) is 18.6 Å². The van der Waals surface area contributed by atoms with Crippen LogP contribution in [0.15, 0.2) is 47.6 Å². The Balaban J connectivity index is 1.74. The average molecular weight is 357 g/mol. The Hall–Kier alpha value is -2.76. The smallest absolute Gasteiger partial charge is 0.254 e. The molecule has 1 amide bonds. The van der Waals surface area contributed by atoms with Gasteiger partial charge in [0.25, 0.3) is 5.91 Å². The van der Waals surface area contributed by atoms with Crippen molar-refractivity contribution in [2.24, 2.45) is 5.10 Å². The highest BCUT2D eigenvalue weighted by Gasteiger charge is 2.20. The van der Waals surface area contributed by atoms with Gasteiger partial charge in [-0.05, 0) is 55.8 Å². The molecule has 0 radical (unpaired) electrons. The van der Waals surface area contributed by atoms with E-state index in [0.29, 0.717) is 11.1 Å². The molecule has 2 aromatic rings. The average Bonchev–Trinajstić information content (AvgIpc) is 3.08. The van der Waals surface area contributed by atoms with Crippen LogP contribution in [0, 0.1) is 11.6 Å². The molecular formula is C20H21F2N3O. The summed E-state index contributed by atoms with van der Waals surface area (Å²) < 4.78 is 26.6. The second-order valence-electron chi connectivity index (χ2n) is 6.52. The lowest BCUT2D eigenvalue weighted by molar-refractivity contribution is 0.0742. The summed E-state index contributed by atoms with van der Waals surface area (Å²) in [6.07, 6.45) is 0.940. The van der Waals surface area contributed by atoms with Crippen LogP contribution in [-0.4, -0.2) is 30.1 Å². The molecule has 1 aliphatic rings. The van der Waals surface area contributed by atoms with E-state index in [1.54, 1.807) is 26.1 Å². The standard InChI is InChI=1S/C20H21F2N3O/c1-13-10-11-25(23-13)17-7-4-15(5-8-17)20(26)24(3)14(2)16-6-9-18(21)19(22)12-16/h4-9,12,14H,10-11H2,1-3H3/t14-/m1/s1. The van der Waals surface area contributed by atoms with Crippen LogP contribution < -0.4 is 5.01 Å². The van der Waals surface area contributed by atoms with Crippen molar-refractivity contribution in [2.45, 2.75) is 26.3 Å². The number of hydrogen-bond donors (Lipinski definition) is 0. The Morgan fingerprint density at radius 2 is 1.85 bits per heavy atom. The number of halogens is 2. The lowest BCUT2D eigenvalue weighted by atomic mass is 10.1. The number of amides is 1. The number of rotatable bonds is 4. The van der Waals surface area contributed by atoms with Gasteiger partial charge in [0.15, 0.2) is 11.6 Å². The van der Waals surface area contributed by atoms with Crippen molar-refractivity contribution < 1.29 is 13.6 Å². The Bertz CT molecular complexity index is 849. The third-order valence-electron chi connectivity index (χ3n) is 4.72. The van der Waals surface area contributed by atoms with Crippen LogP contribution >= 0.6 is 0 Å². The molecule has 0 N–H and O–H groups in total. The summed E-state index contributed by atoms with van der Waals surface area (Å²) in [5.41, 5.74) is 3.10. The number of anilines is 1. The minimum absolute atomic E-state index is 0.185. The summed E-state index contributed by atoms with van der Waals surface area (Å²) in [6, 6.07) is 10.6. The fraction of sp³-hybridized carbons (Fsp3) is 0.300. The third-order valence-corrected chi connectivity index (χ3v) is 4.72. The Kier molecular flexibility index (Phi) is 5.02. The van der Waals surface area contributed by atoms with E-state index in [9.17, 15) is 13.6 Å². The lowest BCUT2D eigenvalue weighted by Gasteiger charge is -2.26. The molecule has 0 spiro atoms. The van der Waals surface area contributed by atoms with Crippen LogP contribution in [-0.2, 0) is 0 Å². The van der Waals surface area contributed by atoms with Crippen molar-refractivity contribution in [1.82, 2.24) is 4.90 Å². The van der Waals surface area contributed by atoms with E-state index >= 15 is 0 Å². The topological polar surface area (TPSA) is 35.9 Å². The molecule has 0 fully saturated rings. The Morgan fingerprint density at radius 1 is 1.15 bits per heavy atom. The predicted octanol–water partition coefficient (Wildman–Crippen LogP) is 4.38. The monoisotopic (exact) mass is 357 g/mol. The molecule has 26 heavy (non-hydrogen) atoms. The van der Waals surface area contributed by atoms with Crippen LogP contribution in [0.5, 0.6) is 0 Å². The molecule has 2 aromatic carbocycles. The first-order chi connectivity index (χ1) is 12.4. The maximum absolute atomic E-state index is 13.5. The number of nitrogens with zero attached hydrogens (tertiary/aromatic N) is 3. The molecule has 4 nitrogen and oxygen atoms in total. The first kappa shape index (κ1) is 18.0. The van der Waals surface area contributed by atoms with Crippen molar-refractivity contribution in [3.63, 3.8) is 0 Å². The zero-order valence-corrected chi connectivity index (χ0v) is 15.0. The van der Waals surface area contributed by atoms with Gasteiger partial charge in [0.2, 0.25) is 0 Å². The van der Waals surface area contributed by atoms with E-state index in [2.05, 4.69) is 5.10 Å². The summed E-state index contributed by atoms with van der Waals surface area (Å²) >= 11 is 0. The fourth-order valence-electron chi connectivity index (χ4n) is 2.91. The summed E-state index contributed by atoms with van der Waals surface area (Å²) in [5, 5.41) is 6.35. The van der Waals surface area contributed by atoms with Gasteiger partial charge in [0.05, 0.1) is 11.7 Å². The molecule has 1 heterocycles. The Morgan fingerprint density at radius 3 is 2.42 bits per heavy atom. The quantitative estimate of drug-likeness (QED) is 0.814. The van der Waals surface area contributed by atoms with E-state index in [1.807, 2.05) is 24.1 Å². The molecule has 0 saturated carbocycles. The second kappa shape index (κ2) is 7.23. The molecule has 0 saturated heterocycles. The van der Waals surface area contributed by atoms with Gasteiger partial charge in [0.1, 0.15) is 0 Å². The molecule has 0 aliphatic carbocycles. The van der Waals surface area contributed by atoms with Gasteiger partial charge >= 0.3 is 0 Å². The summed E-state index contributed by atoms with van der Waals surface area (Å²) in [6.45, 7) is 4.61. The minimum atomic E-state index is -0.916. The maximum Gasteiger partial charge on any atom is 0.254 e. The summed E-state index contributed by atoms with van der Waals surface area (Å²) in [5.74, 6) is -2.00. The summed E-state index contributed by atoms with van der Waals surface area (Å²) in [7, 11) is 1.65. The van der Waals surface area contributed by atoms with Gasteiger partial charge in [-0.3, -0.25) is 9.80 Å². The van der Waals surface area contributed by atoms with Gasteiger partial charge < -0.3 is 4.90 Å². The minimum Gasteiger partial charge on any atom is -0.335 e. The van der Waals surface area contributed by atoms with E-state index in [4.69, 9.17) is 0 Å². The molecule has 1 atom stereocenters. The van der Waals surface area contributed by atoms with Crippen molar-refractivity contribution in [3.8, 4) is 0 Å². The lowest BCUT2D eigenvalue weighted by Crippen LogP contribution is -2.29. The first-order valence-corrected chi connectivity index (χ1v) is 8.50. The third kappa shape index (κ3) is 3.59. The van der Waals surface area contributed by atoms with Crippen molar-refractivity contribution in [3.05, 3.63) is 65.2 Å². The first-order valence-electron chi connectivity index (χ1n) is 8.50. The number of hydrogen-bond acceptors (Lipinski definition) is 3. The van der Waals surface area contributed by atoms with E-state index in [-0.39, 0.29) is 11.9 Å². The highest BCUT2D eigenvalue weighted by atomic mass is 19.2. The molecule has 0 bridgehead atoms. The predicted molar refractivity (Wildman–Crippen MR) is 98.4 cm³/mol. The van der Waals surface area contributed by atoms with Crippen LogP contribution in [0.4, 0.5) is 14.5 Å². The zero-order valence-electron chi connectivity index (χ0n) is 15.0. The van der Waals surface area contributed by atoms with Crippen LogP contribution in [0.3, 0.4) is 0 Å². The number of carbonyl (C=O) groups excluding carboxylic acids is 1.